The molecule has 0 fully saturated rings. The van der Waals surface area contributed by atoms with Gasteiger partial charge in [0.25, 0.3) is 0 Å². The number of anilines is 1. The van der Waals surface area contributed by atoms with Crippen molar-refractivity contribution in [2.45, 2.75) is 25.5 Å². The molecule has 136 valence electrons. The highest BCUT2D eigenvalue weighted by molar-refractivity contribution is 9.10. The number of aromatic nitrogens is 4. The van der Waals surface area contributed by atoms with Crippen molar-refractivity contribution in [3.8, 4) is 17.1 Å². The maximum Gasteiger partial charge on any atom is 0.236 e. The summed E-state index contributed by atoms with van der Waals surface area (Å²) in [6, 6.07) is 5.15. The largest absolute Gasteiger partial charge is 0.507 e. The number of hydrogen-bond donors (Lipinski definition) is 2. The summed E-state index contributed by atoms with van der Waals surface area (Å²) in [7, 11) is 0. The molecular formula is C16H16BrN5O2S2. The molecule has 0 spiro atoms. The molecule has 1 amide bonds. The Hall–Kier alpha value is -1.91. The van der Waals surface area contributed by atoms with E-state index < -0.39 is 0 Å². The molecule has 2 heterocycles. The Kier molecular flexibility index (Phi) is 5.94. The molecule has 10 heteroatoms. The van der Waals surface area contributed by atoms with Crippen LogP contribution in [-0.2, 0) is 11.3 Å². The van der Waals surface area contributed by atoms with Gasteiger partial charge < -0.3 is 15.0 Å². The van der Waals surface area contributed by atoms with Crippen LogP contribution in [0.3, 0.4) is 0 Å². The van der Waals surface area contributed by atoms with Gasteiger partial charge in [-0.2, -0.15) is 0 Å². The molecule has 0 aliphatic rings. The first-order valence-corrected chi connectivity index (χ1v) is 10.3. The van der Waals surface area contributed by atoms with Crippen LogP contribution in [0.15, 0.2) is 34.0 Å². The van der Waals surface area contributed by atoms with Crippen molar-refractivity contribution in [2.75, 3.05) is 11.1 Å². The number of aromatic hydroxyl groups is 1. The summed E-state index contributed by atoms with van der Waals surface area (Å²) in [4.78, 5) is 17.3. The topological polar surface area (TPSA) is 92.9 Å². The third kappa shape index (κ3) is 4.25. The van der Waals surface area contributed by atoms with Crippen LogP contribution in [0.1, 0.15) is 11.8 Å². The first-order chi connectivity index (χ1) is 12.5. The Morgan fingerprint density at radius 3 is 2.92 bits per heavy atom. The number of phenols is 1. The fourth-order valence-corrected chi connectivity index (χ4v) is 4.11. The van der Waals surface area contributed by atoms with Gasteiger partial charge in [0.2, 0.25) is 5.91 Å². The number of nitrogens with one attached hydrogen (secondary N) is 1. The van der Waals surface area contributed by atoms with Gasteiger partial charge in [0.05, 0.1) is 11.3 Å². The first-order valence-electron chi connectivity index (χ1n) is 7.75. The zero-order valence-electron chi connectivity index (χ0n) is 14.1. The molecule has 0 bridgehead atoms. The Morgan fingerprint density at radius 1 is 1.42 bits per heavy atom. The summed E-state index contributed by atoms with van der Waals surface area (Å²) in [6.45, 7) is 4.51. The van der Waals surface area contributed by atoms with Crippen LogP contribution in [0.2, 0.25) is 0 Å². The molecule has 0 radical (unpaired) electrons. The number of hydrogen-bond acceptors (Lipinski definition) is 7. The number of thiazole rings is 1. The molecule has 1 aromatic carbocycles. The van der Waals surface area contributed by atoms with Crippen LogP contribution < -0.4 is 5.32 Å². The number of benzene rings is 1. The van der Waals surface area contributed by atoms with E-state index in [0.717, 1.165) is 9.35 Å². The Morgan fingerprint density at radius 2 is 2.23 bits per heavy atom. The van der Waals surface area contributed by atoms with Crippen molar-refractivity contribution >= 4 is 50.1 Å². The minimum Gasteiger partial charge on any atom is -0.507 e. The summed E-state index contributed by atoms with van der Waals surface area (Å²) in [5.74, 6) is 0.733. The average molecular weight is 454 g/mol. The molecule has 3 aromatic rings. The van der Waals surface area contributed by atoms with E-state index in [0.29, 0.717) is 28.2 Å². The standard InChI is InChI=1S/C16H16BrN5O2S2/c1-3-22-14(11-6-10(17)4-5-12(11)23)20-21-16(22)25-8-13(24)19-15-18-7-9(2)26-15/h4-7,23H,3,8H2,1-2H3,(H,18,19,24). The van der Waals surface area contributed by atoms with E-state index in [1.165, 1.54) is 23.1 Å². The summed E-state index contributed by atoms with van der Waals surface area (Å²) in [6.07, 6.45) is 1.72. The van der Waals surface area contributed by atoms with Crippen molar-refractivity contribution in [1.82, 2.24) is 19.7 Å². The van der Waals surface area contributed by atoms with Gasteiger partial charge in [-0.1, -0.05) is 27.7 Å². The van der Waals surface area contributed by atoms with E-state index in [9.17, 15) is 9.90 Å². The van der Waals surface area contributed by atoms with Crippen molar-refractivity contribution < 1.29 is 9.90 Å². The number of carbonyl (C=O) groups excluding carboxylic acids is 1. The zero-order chi connectivity index (χ0) is 18.7. The lowest BCUT2D eigenvalue weighted by Gasteiger charge is -2.09. The number of halogens is 1. The summed E-state index contributed by atoms with van der Waals surface area (Å²) < 4.78 is 2.70. The number of thioether (sulfide) groups is 1. The fraction of sp³-hybridized carbons (Fsp3) is 0.250. The minimum absolute atomic E-state index is 0.128. The van der Waals surface area contributed by atoms with Crippen LogP contribution in [0.5, 0.6) is 5.75 Å². The second-order valence-electron chi connectivity index (χ2n) is 5.32. The molecule has 0 atom stereocenters. The third-order valence-electron chi connectivity index (χ3n) is 3.43. The van der Waals surface area contributed by atoms with Crippen molar-refractivity contribution in [2.24, 2.45) is 0 Å². The molecule has 2 aromatic heterocycles. The average Bonchev–Trinajstić information content (AvgIpc) is 3.20. The smallest absolute Gasteiger partial charge is 0.236 e. The van der Waals surface area contributed by atoms with Crippen LogP contribution in [-0.4, -0.2) is 36.5 Å². The van der Waals surface area contributed by atoms with Crippen molar-refractivity contribution in [1.29, 1.82) is 0 Å². The molecule has 3 rings (SSSR count). The number of carbonyl (C=O) groups is 1. The monoisotopic (exact) mass is 453 g/mol. The minimum atomic E-state index is -0.151. The second-order valence-corrected chi connectivity index (χ2v) is 8.42. The van der Waals surface area contributed by atoms with E-state index in [1.807, 2.05) is 18.4 Å². The quantitative estimate of drug-likeness (QED) is 0.549. The molecule has 0 saturated heterocycles. The lowest BCUT2D eigenvalue weighted by Crippen LogP contribution is -2.14. The van der Waals surface area contributed by atoms with Gasteiger partial charge in [0.15, 0.2) is 16.1 Å². The van der Waals surface area contributed by atoms with Gasteiger partial charge in [-0.15, -0.1) is 21.5 Å². The third-order valence-corrected chi connectivity index (χ3v) is 5.72. The van der Waals surface area contributed by atoms with Crippen LogP contribution in [0.4, 0.5) is 5.13 Å². The summed E-state index contributed by atoms with van der Waals surface area (Å²) in [5.41, 5.74) is 0.586. The van der Waals surface area contributed by atoms with E-state index in [-0.39, 0.29) is 17.4 Å². The van der Waals surface area contributed by atoms with E-state index in [4.69, 9.17) is 0 Å². The Balaban J connectivity index is 1.74. The van der Waals surface area contributed by atoms with Gasteiger partial charge in [0.1, 0.15) is 5.75 Å². The number of nitrogens with zero attached hydrogens (tertiary/aromatic N) is 4. The lowest BCUT2D eigenvalue weighted by molar-refractivity contribution is -0.113. The normalized spacial score (nSPS) is 10.9. The van der Waals surface area contributed by atoms with Crippen LogP contribution in [0, 0.1) is 6.92 Å². The van der Waals surface area contributed by atoms with Crippen LogP contribution in [0.25, 0.3) is 11.4 Å². The molecule has 7 nitrogen and oxygen atoms in total. The van der Waals surface area contributed by atoms with Crippen molar-refractivity contribution in [3.05, 3.63) is 33.7 Å². The molecule has 0 unspecified atom stereocenters. The van der Waals surface area contributed by atoms with Gasteiger partial charge in [-0.25, -0.2) is 4.98 Å². The summed E-state index contributed by atoms with van der Waals surface area (Å²) in [5, 5.41) is 22.5. The summed E-state index contributed by atoms with van der Waals surface area (Å²) >= 11 is 6.12. The Labute approximate surface area is 167 Å². The molecule has 26 heavy (non-hydrogen) atoms. The maximum absolute atomic E-state index is 12.1. The molecular weight excluding hydrogens is 438 g/mol. The molecule has 0 saturated carbocycles. The highest BCUT2D eigenvalue weighted by atomic mass is 79.9. The SMILES string of the molecule is CCn1c(SCC(=O)Nc2ncc(C)s2)nnc1-c1cc(Br)ccc1O. The number of amides is 1. The van der Waals surface area contributed by atoms with E-state index >= 15 is 0 Å². The fourth-order valence-electron chi connectivity index (χ4n) is 2.27. The predicted molar refractivity (Wildman–Crippen MR) is 107 cm³/mol. The van der Waals surface area contributed by atoms with Crippen LogP contribution >= 0.6 is 39.0 Å². The molecule has 0 aliphatic heterocycles. The van der Waals surface area contributed by atoms with E-state index in [1.54, 1.807) is 24.4 Å². The highest BCUT2D eigenvalue weighted by Crippen LogP contribution is 2.32. The van der Waals surface area contributed by atoms with Gasteiger partial charge >= 0.3 is 0 Å². The molecule has 0 aliphatic carbocycles. The lowest BCUT2D eigenvalue weighted by atomic mass is 10.2. The predicted octanol–water partition coefficient (Wildman–Crippen LogP) is 3.93. The second kappa shape index (κ2) is 8.19. The van der Waals surface area contributed by atoms with Crippen molar-refractivity contribution in [3.63, 3.8) is 0 Å². The molecule has 2 N–H and O–H groups in total. The van der Waals surface area contributed by atoms with Gasteiger partial charge in [0, 0.05) is 22.1 Å². The maximum atomic E-state index is 12.1. The number of phenolic OH excluding ortho intramolecular Hbond substituents is 1. The van der Waals surface area contributed by atoms with Gasteiger partial charge in [-0.05, 0) is 32.0 Å². The first kappa shape index (κ1) is 18.9. The Bertz CT molecular complexity index is 941. The zero-order valence-corrected chi connectivity index (χ0v) is 17.3. The number of aryl methyl sites for hydroxylation is 1. The van der Waals surface area contributed by atoms with Gasteiger partial charge in [-0.3, -0.25) is 4.79 Å². The highest BCUT2D eigenvalue weighted by Gasteiger charge is 2.17. The van der Waals surface area contributed by atoms with E-state index in [2.05, 4.69) is 36.4 Å². The number of rotatable bonds is 6.